The molecule has 0 radical (unpaired) electrons. The van der Waals surface area contributed by atoms with Gasteiger partial charge < -0.3 is 5.32 Å². The molecule has 0 amide bonds. The first-order valence-electron chi connectivity index (χ1n) is 5.71. The van der Waals surface area contributed by atoms with E-state index in [-0.39, 0.29) is 16.3 Å². The summed E-state index contributed by atoms with van der Waals surface area (Å²) in [4.78, 5) is 0. The third-order valence-electron chi connectivity index (χ3n) is 2.69. The van der Waals surface area contributed by atoms with E-state index in [1.54, 1.807) is 18.2 Å². The van der Waals surface area contributed by atoms with Gasteiger partial charge in [0, 0.05) is 5.02 Å². The molecule has 0 fully saturated rings. The summed E-state index contributed by atoms with van der Waals surface area (Å²) in [6.45, 7) is 0. The SMILES string of the molecule is FC(F)(F)C(Nc1ccc(Cl)cc1Cl)c1ccccc1. The van der Waals surface area contributed by atoms with Gasteiger partial charge >= 0.3 is 6.18 Å². The number of halogens is 5. The van der Waals surface area contributed by atoms with Crippen LogP contribution in [0.2, 0.25) is 10.0 Å². The highest BCUT2D eigenvalue weighted by Crippen LogP contribution is 2.37. The zero-order valence-corrected chi connectivity index (χ0v) is 11.6. The van der Waals surface area contributed by atoms with Crippen molar-refractivity contribution in [3.05, 3.63) is 64.1 Å². The van der Waals surface area contributed by atoms with Crippen molar-refractivity contribution in [2.75, 3.05) is 5.32 Å². The lowest BCUT2D eigenvalue weighted by Crippen LogP contribution is -2.27. The fraction of sp³-hybridized carbons (Fsp3) is 0.143. The summed E-state index contributed by atoms with van der Waals surface area (Å²) in [5, 5.41) is 2.92. The molecule has 1 N–H and O–H groups in total. The van der Waals surface area contributed by atoms with Crippen molar-refractivity contribution >= 4 is 28.9 Å². The number of nitrogens with one attached hydrogen (secondary N) is 1. The summed E-state index contributed by atoms with van der Waals surface area (Å²) >= 11 is 11.6. The fourth-order valence-electron chi connectivity index (χ4n) is 1.76. The summed E-state index contributed by atoms with van der Waals surface area (Å²) in [7, 11) is 0. The lowest BCUT2D eigenvalue weighted by molar-refractivity contribution is -0.144. The predicted octanol–water partition coefficient (Wildman–Crippen LogP) is 5.71. The van der Waals surface area contributed by atoms with E-state index < -0.39 is 12.2 Å². The molecule has 6 heteroatoms. The maximum absolute atomic E-state index is 13.2. The number of hydrogen-bond acceptors (Lipinski definition) is 1. The van der Waals surface area contributed by atoms with Crippen molar-refractivity contribution in [2.45, 2.75) is 12.2 Å². The van der Waals surface area contributed by atoms with Gasteiger partial charge in [0.1, 0.15) is 6.04 Å². The molecule has 20 heavy (non-hydrogen) atoms. The smallest absolute Gasteiger partial charge is 0.369 e. The molecule has 1 unspecified atom stereocenters. The fourth-order valence-corrected chi connectivity index (χ4v) is 2.22. The van der Waals surface area contributed by atoms with E-state index in [0.717, 1.165) is 0 Å². The first-order valence-corrected chi connectivity index (χ1v) is 6.47. The number of hydrogen-bond donors (Lipinski definition) is 1. The topological polar surface area (TPSA) is 12.0 Å². The monoisotopic (exact) mass is 319 g/mol. The Labute approximate surface area is 124 Å². The standard InChI is InChI=1S/C14H10Cl2F3N/c15-10-6-7-12(11(16)8-10)20-13(14(17,18)19)9-4-2-1-3-5-9/h1-8,13,20H. The van der Waals surface area contributed by atoms with Crippen LogP contribution in [0.1, 0.15) is 11.6 Å². The Morgan fingerprint density at radius 1 is 0.950 bits per heavy atom. The van der Waals surface area contributed by atoms with Gasteiger partial charge in [-0.1, -0.05) is 53.5 Å². The van der Waals surface area contributed by atoms with Gasteiger partial charge in [-0.05, 0) is 23.8 Å². The summed E-state index contributed by atoms with van der Waals surface area (Å²) in [5.41, 5.74) is 0.299. The van der Waals surface area contributed by atoms with E-state index in [0.29, 0.717) is 5.02 Å². The molecule has 1 nitrogen and oxygen atoms in total. The summed E-state index contributed by atoms with van der Waals surface area (Å²) in [6, 6.07) is 10.1. The zero-order chi connectivity index (χ0) is 14.8. The van der Waals surface area contributed by atoms with E-state index in [9.17, 15) is 13.2 Å². The van der Waals surface area contributed by atoms with Crippen LogP contribution in [-0.4, -0.2) is 6.18 Å². The quantitative estimate of drug-likeness (QED) is 0.764. The Hall–Kier alpha value is -1.39. The Kier molecular flexibility index (Phi) is 4.45. The second-order valence-corrected chi connectivity index (χ2v) is 5.00. The molecule has 1 atom stereocenters. The van der Waals surface area contributed by atoms with Gasteiger partial charge in [-0.15, -0.1) is 0 Å². The predicted molar refractivity (Wildman–Crippen MR) is 75.3 cm³/mol. The normalized spacial score (nSPS) is 13.1. The van der Waals surface area contributed by atoms with E-state index >= 15 is 0 Å². The molecular weight excluding hydrogens is 310 g/mol. The molecular formula is C14H10Cl2F3N. The minimum Gasteiger partial charge on any atom is -0.369 e. The van der Waals surface area contributed by atoms with Crippen molar-refractivity contribution < 1.29 is 13.2 Å². The van der Waals surface area contributed by atoms with Gasteiger partial charge in [-0.25, -0.2) is 0 Å². The van der Waals surface area contributed by atoms with Crippen LogP contribution in [0.4, 0.5) is 18.9 Å². The highest BCUT2D eigenvalue weighted by molar-refractivity contribution is 6.36. The molecule has 2 aromatic carbocycles. The minimum atomic E-state index is -4.44. The molecule has 0 aliphatic carbocycles. The van der Waals surface area contributed by atoms with Crippen molar-refractivity contribution in [1.82, 2.24) is 0 Å². The number of alkyl halides is 3. The van der Waals surface area contributed by atoms with E-state index in [1.165, 1.54) is 30.3 Å². The second kappa shape index (κ2) is 5.94. The first kappa shape index (κ1) is 15.0. The number of rotatable bonds is 3. The van der Waals surface area contributed by atoms with E-state index in [2.05, 4.69) is 5.32 Å². The van der Waals surface area contributed by atoms with Gasteiger partial charge in [0.05, 0.1) is 10.7 Å². The average Bonchev–Trinajstić information content (AvgIpc) is 2.37. The van der Waals surface area contributed by atoms with Crippen molar-refractivity contribution in [3.63, 3.8) is 0 Å². The molecule has 0 aromatic heterocycles. The molecule has 2 aromatic rings. The van der Waals surface area contributed by atoms with Gasteiger partial charge in [0.25, 0.3) is 0 Å². The van der Waals surface area contributed by atoms with Gasteiger partial charge in [-0.3, -0.25) is 0 Å². The summed E-state index contributed by atoms with van der Waals surface area (Å²) in [6.07, 6.45) is -4.44. The van der Waals surface area contributed by atoms with Gasteiger partial charge in [-0.2, -0.15) is 13.2 Å². The Balaban J connectivity index is 2.34. The van der Waals surface area contributed by atoms with Gasteiger partial charge in [0.15, 0.2) is 0 Å². The average molecular weight is 320 g/mol. The lowest BCUT2D eigenvalue weighted by atomic mass is 10.1. The summed E-state index contributed by atoms with van der Waals surface area (Å²) < 4.78 is 39.5. The van der Waals surface area contributed by atoms with Crippen LogP contribution in [0.25, 0.3) is 0 Å². The van der Waals surface area contributed by atoms with Crippen LogP contribution in [0.5, 0.6) is 0 Å². The Bertz CT molecular complexity index is 585. The molecule has 0 saturated carbocycles. The van der Waals surface area contributed by atoms with Crippen LogP contribution in [0.3, 0.4) is 0 Å². The largest absolute Gasteiger partial charge is 0.412 e. The zero-order valence-electron chi connectivity index (χ0n) is 10.1. The molecule has 0 aliphatic rings. The maximum atomic E-state index is 13.2. The molecule has 106 valence electrons. The van der Waals surface area contributed by atoms with E-state index in [4.69, 9.17) is 23.2 Å². The second-order valence-electron chi connectivity index (χ2n) is 4.15. The maximum Gasteiger partial charge on any atom is 0.412 e. The lowest BCUT2D eigenvalue weighted by Gasteiger charge is -2.23. The van der Waals surface area contributed by atoms with Crippen LogP contribution in [0, 0.1) is 0 Å². The highest BCUT2D eigenvalue weighted by atomic mass is 35.5. The molecule has 2 rings (SSSR count). The van der Waals surface area contributed by atoms with Crippen LogP contribution in [-0.2, 0) is 0 Å². The van der Waals surface area contributed by atoms with E-state index in [1.807, 2.05) is 0 Å². The highest BCUT2D eigenvalue weighted by Gasteiger charge is 2.41. The van der Waals surface area contributed by atoms with Gasteiger partial charge in [0.2, 0.25) is 0 Å². The number of anilines is 1. The van der Waals surface area contributed by atoms with Crippen molar-refractivity contribution in [1.29, 1.82) is 0 Å². The third-order valence-corrected chi connectivity index (χ3v) is 3.24. The molecule has 0 spiro atoms. The molecule has 0 bridgehead atoms. The van der Waals surface area contributed by atoms with Crippen LogP contribution < -0.4 is 5.32 Å². The molecule has 0 heterocycles. The Morgan fingerprint density at radius 2 is 1.60 bits per heavy atom. The molecule has 0 aliphatic heterocycles. The summed E-state index contributed by atoms with van der Waals surface area (Å²) in [5.74, 6) is 0. The van der Waals surface area contributed by atoms with Crippen molar-refractivity contribution in [3.8, 4) is 0 Å². The first-order chi connectivity index (χ1) is 9.38. The Morgan fingerprint density at radius 3 is 2.15 bits per heavy atom. The van der Waals surface area contributed by atoms with Crippen molar-refractivity contribution in [2.24, 2.45) is 0 Å². The number of benzene rings is 2. The minimum absolute atomic E-state index is 0.117. The van der Waals surface area contributed by atoms with Crippen LogP contribution in [0.15, 0.2) is 48.5 Å². The molecule has 0 saturated heterocycles. The third kappa shape index (κ3) is 3.58. The van der Waals surface area contributed by atoms with Crippen LogP contribution >= 0.6 is 23.2 Å².